The first-order chi connectivity index (χ1) is 8.36. The minimum absolute atomic E-state index is 0.828. The molecule has 1 fully saturated rings. The summed E-state index contributed by atoms with van der Waals surface area (Å²) in [7, 11) is 1.70. The highest BCUT2D eigenvalue weighted by Gasteiger charge is 2.22. The van der Waals surface area contributed by atoms with Crippen LogP contribution in [-0.4, -0.2) is 7.11 Å². The molecule has 0 spiro atoms. The highest BCUT2D eigenvalue weighted by molar-refractivity contribution is 5.65. The van der Waals surface area contributed by atoms with Crippen LogP contribution in [-0.2, 0) is 0 Å². The van der Waals surface area contributed by atoms with Gasteiger partial charge in [-0.3, -0.25) is 0 Å². The summed E-state index contributed by atoms with van der Waals surface area (Å²) >= 11 is 0. The number of hydrogen-bond acceptors (Lipinski definition) is 1. The predicted molar refractivity (Wildman–Crippen MR) is 70.4 cm³/mol. The molecule has 1 aliphatic carbocycles. The molecule has 17 heavy (non-hydrogen) atoms. The van der Waals surface area contributed by atoms with Gasteiger partial charge < -0.3 is 4.74 Å². The third-order valence-corrected chi connectivity index (χ3v) is 3.36. The van der Waals surface area contributed by atoms with Crippen LogP contribution in [0.2, 0.25) is 0 Å². The van der Waals surface area contributed by atoms with E-state index in [0.717, 1.165) is 11.7 Å². The van der Waals surface area contributed by atoms with Crippen molar-refractivity contribution in [3.05, 3.63) is 54.1 Å². The summed E-state index contributed by atoms with van der Waals surface area (Å²) in [5, 5.41) is 0. The molecule has 0 radical (unpaired) electrons. The molecule has 0 amide bonds. The highest BCUT2D eigenvalue weighted by atomic mass is 16.5. The molecular weight excluding hydrogens is 208 g/mol. The molecule has 3 rings (SSSR count). The van der Waals surface area contributed by atoms with Crippen LogP contribution in [0.5, 0.6) is 5.75 Å². The number of methoxy groups -OCH3 is 1. The Labute approximate surface area is 102 Å². The summed E-state index contributed by atoms with van der Waals surface area (Å²) in [6, 6.07) is 17.1. The van der Waals surface area contributed by atoms with Crippen molar-refractivity contribution in [2.24, 2.45) is 0 Å². The smallest absolute Gasteiger partial charge is 0.119 e. The van der Waals surface area contributed by atoms with Gasteiger partial charge in [0, 0.05) is 0 Å². The fraction of sp³-hybridized carbons (Fsp3) is 0.250. The van der Waals surface area contributed by atoms with E-state index in [9.17, 15) is 0 Å². The largest absolute Gasteiger partial charge is 0.497 e. The van der Waals surface area contributed by atoms with Crippen molar-refractivity contribution in [3.63, 3.8) is 0 Å². The Morgan fingerprint density at radius 2 is 1.71 bits per heavy atom. The van der Waals surface area contributed by atoms with Crippen LogP contribution < -0.4 is 4.74 Å². The van der Waals surface area contributed by atoms with E-state index in [0.29, 0.717) is 0 Å². The minimum Gasteiger partial charge on any atom is -0.497 e. The third kappa shape index (κ3) is 2.19. The number of hydrogen-bond donors (Lipinski definition) is 0. The van der Waals surface area contributed by atoms with Crippen LogP contribution in [0.15, 0.2) is 48.5 Å². The topological polar surface area (TPSA) is 9.23 Å². The van der Waals surface area contributed by atoms with Crippen molar-refractivity contribution in [3.8, 4) is 16.9 Å². The van der Waals surface area contributed by atoms with Crippen molar-refractivity contribution in [2.45, 2.75) is 18.8 Å². The lowest BCUT2D eigenvalue weighted by Crippen LogP contribution is -1.84. The van der Waals surface area contributed by atoms with E-state index in [-0.39, 0.29) is 0 Å². The van der Waals surface area contributed by atoms with Gasteiger partial charge in [0.1, 0.15) is 5.75 Å². The highest BCUT2D eigenvalue weighted by Crippen LogP contribution is 2.40. The minimum atomic E-state index is 0.828. The fourth-order valence-electron chi connectivity index (χ4n) is 2.17. The molecule has 2 aromatic rings. The average Bonchev–Trinajstić information content (AvgIpc) is 3.23. The van der Waals surface area contributed by atoms with Gasteiger partial charge in [-0.05, 0) is 47.6 Å². The maximum absolute atomic E-state index is 5.25. The molecule has 0 saturated heterocycles. The van der Waals surface area contributed by atoms with Crippen molar-refractivity contribution in [1.82, 2.24) is 0 Å². The van der Waals surface area contributed by atoms with E-state index in [1.54, 1.807) is 7.11 Å². The second-order valence-corrected chi connectivity index (χ2v) is 4.63. The molecule has 1 nitrogen and oxygen atoms in total. The summed E-state index contributed by atoms with van der Waals surface area (Å²) in [6.07, 6.45) is 2.72. The zero-order valence-electron chi connectivity index (χ0n) is 10.0. The normalized spacial score (nSPS) is 14.6. The predicted octanol–water partition coefficient (Wildman–Crippen LogP) is 4.24. The summed E-state index contributed by atoms with van der Waals surface area (Å²) in [5.74, 6) is 1.74. The van der Waals surface area contributed by atoms with Gasteiger partial charge in [0.25, 0.3) is 0 Å². The zero-order chi connectivity index (χ0) is 11.7. The van der Waals surface area contributed by atoms with Crippen LogP contribution in [0.3, 0.4) is 0 Å². The van der Waals surface area contributed by atoms with Crippen LogP contribution >= 0.6 is 0 Å². The van der Waals surface area contributed by atoms with Crippen molar-refractivity contribution in [1.29, 1.82) is 0 Å². The zero-order valence-corrected chi connectivity index (χ0v) is 10.0. The molecule has 0 aliphatic heterocycles. The molecule has 2 aromatic carbocycles. The monoisotopic (exact) mass is 224 g/mol. The molecule has 0 aromatic heterocycles. The maximum atomic E-state index is 5.25. The van der Waals surface area contributed by atoms with Crippen molar-refractivity contribution in [2.75, 3.05) is 7.11 Å². The van der Waals surface area contributed by atoms with E-state index in [4.69, 9.17) is 4.74 Å². The van der Waals surface area contributed by atoms with Crippen LogP contribution in [0.25, 0.3) is 11.1 Å². The van der Waals surface area contributed by atoms with Gasteiger partial charge in [-0.2, -0.15) is 0 Å². The van der Waals surface area contributed by atoms with Gasteiger partial charge in [-0.15, -0.1) is 0 Å². The Morgan fingerprint density at radius 1 is 0.941 bits per heavy atom. The molecular formula is C16H16O. The first-order valence-corrected chi connectivity index (χ1v) is 6.11. The van der Waals surface area contributed by atoms with Crippen LogP contribution in [0, 0.1) is 0 Å². The average molecular weight is 224 g/mol. The van der Waals surface area contributed by atoms with E-state index in [2.05, 4.69) is 36.4 Å². The SMILES string of the molecule is COc1cccc(-c2ccc(C3CC3)cc2)c1. The maximum Gasteiger partial charge on any atom is 0.119 e. The molecule has 0 N–H and O–H groups in total. The Balaban J connectivity index is 1.91. The van der Waals surface area contributed by atoms with Gasteiger partial charge in [0.2, 0.25) is 0 Å². The fourth-order valence-corrected chi connectivity index (χ4v) is 2.17. The van der Waals surface area contributed by atoms with Gasteiger partial charge in [-0.25, -0.2) is 0 Å². The van der Waals surface area contributed by atoms with Gasteiger partial charge >= 0.3 is 0 Å². The van der Waals surface area contributed by atoms with Crippen molar-refractivity contribution >= 4 is 0 Å². The molecule has 0 heterocycles. The van der Waals surface area contributed by atoms with E-state index < -0.39 is 0 Å². The lowest BCUT2D eigenvalue weighted by molar-refractivity contribution is 0.415. The Kier molecular flexibility index (Phi) is 2.60. The Bertz CT molecular complexity index is 509. The molecule has 1 aliphatic rings. The summed E-state index contributed by atoms with van der Waals surface area (Å²) in [6.45, 7) is 0. The summed E-state index contributed by atoms with van der Waals surface area (Å²) in [4.78, 5) is 0. The first kappa shape index (κ1) is 10.4. The third-order valence-electron chi connectivity index (χ3n) is 3.36. The molecule has 0 atom stereocenters. The molecule has 1 saturated carbocycles. The van der Waals surface area contributed by atoms with E-state index in [1.165, 1.54) is 29.5 Å². The van der Waals surface area contributed by atoms with Gasteiger partial charge in [0.05, 0.1) is 7.11 Å². The number of benzene rings is 2. The second kappa shape index (κ2) is 4.25. The molecule has 0 unspecified atom stereocenters. The van der Waals surface area contributed by atoms with E-state index in [1.807, 2.05) is 12.1 Å². The summed E-state index contributed by atoms with van der Waals surface area (Å²) in [5.41, 5.74) is 3.96. The Morgan fingerprint density at radius 3 is 2.35 bits per heavy atom. The molecule has 0 bridgehead atoms. The quantitative estimate of drug-likeness (QED) is 0.757. The van der Waals surface area contributed by atoms with E-state index >= 15 is 0 Å². The second-order valence-electron chi connectivity index (χ2n) is 4.63. The lowest BCUT2D eigenvalue weighted by Gasteiger charge is -2.05. The number of ether oxygens (including phenoxy) is 1. The molecule has 86 valence electrons. The molecule has 1 heteroatoms. The van der Waals surface area contributed by atoms with Crippen LogP contribution in [0.1, 0.15) is 24.3 Å². The first-order valence-electron chi connectivity index (χ1n) is 6.11. The lowest BCUT2D eigenvalue weighted by atomic mass is 10.0. The number of rotatable bonds is 3. The standard InChI is InChI=1S/C16H16O/c1-17-16-4-2-3-15(11-16)14-9-7-13(8-10-14)12-5-6-12/h2-4,7-12H,5-6H2,1H3. The summed E-state index contributed by atoms with van der Waals surface area (Å²) < 4.78 is 5.25. The Hall–Kier alpha value is -1.76. The van der Waals surface area contributed by atoms with Gasteiger partial charge in [-0.1, -0.05) is 36.4 Å². The van der Waals surface area contributed by atoms with Gasteiger partial charge in [0.15, 0.2) is 0 Å². The van der Waals surface area contributed by atoms with Crippen LogP contribution in [0.4, 0.5) is 0 Å². The van der Waals surface area contributed by atoms with Crippen molar-refractivity contribution < 1.29 is 4.74 Å².